The molecule has 0 aliphatic carbocycles. The number of nitrogens with zero attached hydrogens (tertiary/aromatic N) is 2. The largest absolute Gasteiger partial charge is 0.390 e. The number of likely N-dealkylation sites (tertiary alicyclic amines) is 1. The molecule has 2 aromatic carbocycles. The van der Waals surface area contributed by atoms with Gasteiger partial charge in [0, 0.05) is 37.7 Å². The first-order valence-electron chi connectivity index (χ1n) is 11.1. The van der Waals surface area contributed by atoms with E-state index in [-0.39, 0.29) is 11.9 Å². The summed E-state index contributed by atoms with van der Waals surface area (Å²) in [6.45, 7) is 3.76. The fourth-order valence-electron chi connectivity index (χ4n) is 4.65. The Kier molecular flexibility index (Phi) is 7.30. The van der Waals surface area contributed by atoms with Gasteiger partial charge < -0.3 is 20.6 Å². The van der Waals surface area contributed by atoms with Gasteiger partial charge >= 0.3 is 0 Å². The molecule has 6 nitrogen and oxygen atoms in total. The molecule has 3 N–H and O–H groups in total. The van der Waals surface area contributed by atoms with Crippen molar-refractivity contribution in [3.63, 3.8) is 0 Å². The number of hydrogen-bond donors (Lipinski definition) is 3. The summed E-state index contributed by atoms with van der Waals surface area (Å²) in [7, 11) is 1.55. The van der Waals surface area contributed by atoms with Crippen LogP contribution in [0.2, 0.25) is 5.02 Å². The maximum absolute atomic E-state index is 13.9. The van der Waals surface area contributed by atoms with Crippen molar-refractivity contribution in [3.8, 4) is 0 Å². The molecular formula is C24H30ClFN4O2. The normalized spacial score (nSPS) is 22.3. The Hall–Kier alpha value is -2.19. The van der Waals surface area contributed by atoms with E-state index in [2.05, 4.69) is 27.7 Å². The Bertz CT molecular complexity index is 934. The molecule has 1 amide bonds. The SMILES string of the molecule is CNC(=O)c1ccc(F)cc1N1CC(NC2CCN(Cc3ccc(Cl)cc3)CC2)[C@H](O)C1. The summed E-state index contributed by atoms with van der Waals surface area (Å²) in [6, 6.07) is 12.3. The number of carbonyl (C=O) groups excluding carboxylic acids is 1. The first kappa shape index (κ1) is 23.0. The zero-order valence-electron chi connectivity index (χ0n) is 18.2. The van der Waals surface area contributed by atoms with Crippen molar-refractivity contribution in [3.05, 3.63) is 64.4 Å². The number of piperidine rings is 1. The number of anilines is 1. The van der Waals surface area contributed by atoms with Crippen molar-refractivity contribution in [2.24, 2.45) is 0 Å². The number of carbonyl (C=O) groups is 1. The smallest absolute Gasteiger partial charge is 0.253 e. The number of aliphatic hydroxyl groups is 1. The summed E-state index contributed by atoms with van der Waals surface area (Å²) >= 11 is 5.97. The van der Waals surface area contributed by atoms with Crippen LogP contribution in [0.1, 0.15) is 28.8 Å². The summed E-state index contributed by atoms with van der Waals surface area (Å²) in [5.41, 5.74) is 2.19. The second kappa shape index (κ2) is 10.2. The summed E-state index contributed by atoms with van der Waals surface area (Å²) in [4.78, 5) is 16.5. The summed E-state index contributed by atoms with van der Waals surface area (Å²) in [5.74, 6) is -0.662. The van der Waals surface area contributed by atoms with Gasteiger partial charge in [0.2, 0.25) is 0 Å². The van der Waals surface area contributed by atoms with Gasteiger partial charge in [-0.05, 0) is 61.8 Å². The van der Waals surface area contributed by atoms with Gasteiger partial charge in [-0.2, -0.15) is 0 Å². The van der Waals surface area contributed by atoms with Gasteiger partial charge in [-0.1, -0.05) is 23.7 Å². The van der Waals surface area contributed by atoms with Crippen molar-refractivity contribution in [1.29, 1.82) is 0 Å². The van der Waals surface area contributed by atoms with Crippen LogP contribution in [0.3, 0.4) is 0 Å². The first-order chi connectivity index (χ1) is 15.4. The molecule has 8 heteroatoms. The van der Waals surface area contributed by atoms with Crippen molar-refractivity contribution in [2.45, 2.75) is 37.6 Å². The molecule has 2 aliphatic rings. The fourth-order valence-corrected chi connectivity index (χ4v) is 4.77. The number of aliphatic hydroxyl groups excluding tert-OH is 1. The highest BCUT2D eigenvalue weighted by Gasteiger charge is 2.35. The second-order valence-electron chi connectivity index (χ2n) is 8.66. The highest BCUT2D eigenvalue weighted by molar-refractivity contribution is 6.30. The lowest BCUT2D eigenvalue weighted by atomic mass is 10.0. The molecule has 172 valence electrons. The Morgan fingerprint density at radius 2 is 1.88 bits per heavy atom. The molecule has 0 bridgehead atoms. The Balaban J connectivity index is 1.32. The fraction of sp³-hybridized carbons (Fsp3) is 0.458. The third-order valence-electron chi connectivity index (χ3n) is 6.42. The molecule has 2 saturated heterocycles. The van der Waals surface area contributed by atoms with Gasteiger partial charge in [-0.3, -0.25) is 9.69 Å². The highest BCUT2D eigenvalue weighted by Crippen LogP contribution is 2.27. The average molecular weight is 461 g/mol. The van der Waals surface area contributed by atoms with E-state index in [4.69, 9.17) is 11.6 Å². The predicted octanol–water partition coefficient (Wildman–Crippen LogP) is 2.64. The molecule has 2 heterocycles. The molecular weight excluding hydrogens is 431 g/mol. The van der Waals surface area contributed by atoms with E-state index in [0.29, 0.717) is 30.4 Å². The van der Waals surface area contributed by atoms with E-state index in [9.17, 15) is 14.3 Å². The predicted molar refractivity (Wildman–Crippen MR) is 125 cm³/mol. The summed E-state index contributed by atoms with van der Waals surface area (Å²) in [6.07, 6.45) is 1.42. The van der Waals surface area contributed by atoms with Crippen LogP contribution >= 0.6 is 11.6 Å². The quantitative estimate of drug-likeness (QED) is 0.618. The van der Waals surface area contributed by atoms with E-state index < -0.39 is 11.9 Å². The van der Waals surface area contributed by atoms with Gasteiger partial charge in [0.25, 0.3) is 5.91 Å². The Labute approximate surface area is 193 Å². The van der Waals surface area contributed by atoms with E-state index in [1.54, 1.807) is 7.05 Å². The van der Waals surface area contributed by atoms with Gasteiger partial charge in [0.1, 0.15) is 5.82 Å². The van der Waals surface area contributed by atoms with Crippen LogP contribution in [0.5, 0.6) is 0 Å². The third kappa shape index (κ3) is 5.41. The second-order valence-corrected chi connectivity index (χ2v) is 9.10. The molecule has 2 aromatic rings. The Morgan fingerprint density at radius 1 is 1.16 bits per heavy atom. The number of β-amino-alcohol motifs (C(OH)–C–C–N with tert-alkyl or cyclic N) is 1. The number of amides is 1. The van der Waals surface area contributed by atoms with Crippen LogP contribution in [0.15, 0.2) is 42.5 Å². The average Bonchev–Trinajstić information content (AvgIpc) is 3.16. The molecule has 2 fully saturated rings. The number of hydrogen-bond acceptors (Lipinski definition) is 5. The lowest BCUT2D eigenvalue weighted by Crippen LogP contribution is -2.49. The molecule has 0 aromatic heterocycles. The van der Waals surface area contributed by atoms with Gasteiger partial charge in [0.15, 0.2) is 0 Å². The summed E-state index contributed by atoms with van der Waals surface area (Å²) in [5, 5.41) is 17.6. The minimum atomic E-state index is -0.581. The highest BCUT2D eigenvalue weighted by atomic mass is 35.5. The van der Waals surface area contributed by atoms with E-state index in [0.717, 1.165) is 37.5 Å². The monoisotopic (exact) mass is 460 g/mol. The first-order valence-corrected chi connectivity index (χ1v) is 11.5. The van der Waals surface area contributed by atoms with Crippen LogP contribution in [0.4, 0.5) is 10.1 Å². The van der Waals surface area contributed by atoms with E-state index in [1.165, 1.54) is 23.8 Å². The van der Waals surface area contributed by atoms with Gasteiger partial charge in [-0.15, -0.1) is 0 Å². The lowest BCUT2D eigenvalue weighted by molar-refractivity contribution is 0.0963. The number of rotatable bonds is 6. The van der Waals surface area contributed by atoms with Crippen molar-refractivity contribution in [1.82, 2.24) is 15.5 Å². The van der Waals surface area contributed by atoms with Crippen molar-refractivity contribution < 1.29 is 14.3 Å². The zero-order valence-corrected chi connectivity index (χ0v) is 19.0. The summed E-state index contributed by atoms with van der Waals surface area (Å²) < 4.78 is 13.9. The molecule has 2 aliphatic heterocycles. The molecule has 1 unspecified atom stereocenters. The zero-order chi connectivity index (χ0) is 22.7. The lowest BCUT2D eigenvalue weighted by Gasteiger charge is -2.34. The van der Waals surface area contributed by atoms with Crippen LogP contribution in [0.25, 0.3) is 0 Å². The van der Waals surface area contributed by atoms with Crippen LogP contribution < -0.4 is 15.5 Å². The van der Waals surface area contributed by atoms with E-state index >= 15 is 0 Å². The maximum atomic E-state index is 13.9. The Morgan fingerprint density at radius 3 is 2.56 bits per heavy atom. The molecule has 2 atom stereocenters. The minimum absolute atomic E-state index is 0.122. The van der Waals surface area contributed by atoms with Crippen molar-refractivity contribution >= 4 is 23.2 Å². The van der Waals surface area contributed by atoms with Gasteiger partial charge in [-0.25, -0.2) is 4.39 Å². The third-order valence-corrected chi connectivity index (χ3v) is 6.67. The maximum Gasteiger partial charge on any atom is 0.253 e. The van der Waals surface area contributed by atoms with Crippen molar-refractivity contribution in [2.75, 3.05) is 38.1 Å². The standard InChI is InChI=1S/C24H30ClFN4O2/c1-27-24(32)20-7-6-18(26)12-22(20)30-14-21(23(31)15-30)28-19-8-10-29(11-9-19)13-16-2-4-17(25)5-3-16/h2-7,12,19,21,23,28,31H,8-11,13-15H2,1H3,(H,27,32)/t21?,23-/m1/s1. The number of benzene rings is 2. The number of halogens is 2. The number of nitrogens with one attached hydrogen (secondary N) is 2. The topological polar surface area (TPSA) is 67.8 Å². The minimum Gasteiger partial charge on any atom is -0.390 e. The van der Waals surface area contributed by atoms with Crippen LogP contribution in [-0.4, -0.2) is 67.3 Å². The molecule has 32 heavy (non-hydrogen) atoms. The van der Waals surface area contributed by atoms with Gasteiger partial charge in [0.05, 0.1) is 23.4 Å². The molecule has 4 rings (SSSR count). The van der Waals surface area contributed by atoms with Crippen LogP contribution in [0, 0.1) is 5.82 Å². The molecule has 0 radical (unpaired) electrons. The molecule has 0 spiro atoms. The molecule has 0 saturated carbocycles. The van der Waals surface area contributed by atoms with E-state index in [1.807, 2.05) is 17.0 Å². The van der Waals surface area contributed by atoms with Crippen LogP contribution in [-0.2, 0) is 6.54 Å².